The SMILES string of the molecule is Cc1nc(-c2ccccc2)sc1C(=O)Nc1nc(-c2c[nH]c3ccccc23)cs1. The molecule has 5 nitrogen and oxygen atoms in total. The van der Waals surface area contributed by atoms with Crippen molar-refractivity contribution in [1.29, 1.82) is 0 Å². The minimum atomic E-state index is -0.179. The van der Waals surface area contributed by atoms with E-state index in [1.54, 1.807) is 0 Å². The van der Waals surface area contributed by atoms with Crippen LogP contribution in [-0.4, -0.2) is 20.9 Å². The monoisotopic (exact) mass is 416 g/mol. The van der Waals surface area contributed by atoms with Crippen molar-refractivity contribution < 1.29 is 4.79 Å². The Labute approximate surface area is 175 Å². The zero-order valence-corrected chi connectivity index (χ0v) is 17.1. The van der Waals surface area contributed by atoms with Crippen LogP contribution in [0.25, 0.3) is 32.7 Å². The molecule has 0 saturated carbocycles. The molecule has 0 unspecified atom stereocenters. The van der Waals surface area contributed by atoms with Crippen molar-refractivity contribution in [3.8, 4) is 21.8 Å². The molecule has 7 heteroatoms. The molecule has 5 rings (SSSR count). The van der Waals surface area contributed by atoms with Crippen molar-refractivity contribution >= 4 is 44.6 Å². The Morgan fingerprint density at radius 1 is 1.03 bits per heavy atom. The summed E-state index contributed by atoms with van der Waals surface area (Å²) >= 11 is 2.81. The van der Waals surface area contributed by atoms with E-state index in [0.717, 1.165) is 38.4 Å². The molecule has 0 saturated heterocycles. The molecule has 0 fully saturated rings. The summed E-state index contributed by atoms with van der Waals surface area (Å²) in [4.78, 5) is 25.8. The van der Waals surface area contributed by atoms with Gasteiger partial charge in [-0.3, -0.25) is 10.1 Å². The molecule has 142 valence electrons. The Kier molecular flexibility index (Phi) is 4.46. The van der Waals surface area contributed by atoms with E-state index < -0.39 is 0 Å². The number of anilines is 1. The first kappa shape index (κ1) is 17.8. The van der Waals surface area contributed by atoms with Gasteiger partial charge in [-0.15, -0.1) is 22.7 Å². The summed E-state index contributed by atoms with van der Waals surface area (Å²) in [7, 11) is 0. The molecule has 2 aromatic carbocycles. The van der Waals surface area contributed by atoms with E-state index in [0.29, 0.717) is 10.0 Å². The van der Waals surface area contributed by atoms with Crippen molar-refractivity contribution in [2.45, 2.75) is 6.92 Å². The minimum absolute atomic E-state index is 0.179. The van der Waals surface area contributed by atoms with Crippen LogP contribution in [0.15, 0.2) is 66.2 Å². The number of carbonyl (C=O) groups excluding carboxylic acids is 1. The Morgan fingerprint density at radius 3 is 2.69 bits per heavy atom. The molecule has 0 spiro atoms. The lowest BCUT2D eigenvalue weighted by Gasteiger charge is -1.99. The third kappa shape index (κ3) is 3.35. The number of nitrogens with zero attached hydrogens (tertiary/aromatic N) is 2. The molecule has 0 bridgehead atoms. The second kappa shape index (κ2) is 7.27. The largest absolute Gasteiger partial charge is 0.360 e. The molecular formula is C22H16N4OS2. The van der Waals surface area contributed by atoms with E-state index in [1.807, 2.05) is 67.0 Å². The molecular weight excluding hydrogens is 400 g/mol. The van der Waals surface area contributed by atoms with Gasteiger partial charge in [-0.2, -0.15) is 0 Å². The van der Waals surface area contributed by atoms with Crippen molar-refractivity contribution in [2.24, 2.45) is 0 Å². The predicted molar refractivity (Wildman–Crippen MR) is 120 cm³/mol. The van der Waals surface area contributed by atoms with Crippen LogP contribution >= 0.6 is 22.7 Å². The van der Waals surface area contributed by atoms with Gasteiger partial charge in [0.2, 0.25) is 0 Å². The van der Waals surface area contributed by atoms with Gasteiger partial charge in [-0.25, -0.2) is 9.97 Å². The average Bonchev–Trinajstić information content (AvgIpc) is 3.46. The van der Waals surface area contributed by atoms with E-state index in [2.05, 4.69) is 26.3 Å². The number of thiazole rings is 2. The predicted octanol–water partition coefficient (Wildman–Crippen LogP) is 5.98. The highest BCUT2D eigenvalue weighted by atomic mass is 32.1. The highest BCUT2D eigenvalue weighted by Crippen LogP contribution is 2.32. The topological polar surface area (TPSA) is 70.7 Å². The Morgan fingerprint density at radius 2 is 1.83 bits per heavy atom. The smallest absolute Gasteiger partial charge is 0.269 e. The Hall–Kier alpha value is -3.29. The summed E-state index contributed by atoms with van der Waals surface area (Å²) in [6, 6.07) is 18.0. The van der Waals surface area contributed by atoms with E-state index in [1.165, 1.54) is 22.7 Å². The van der Waals surface area contributed by atoms with Crippen LogP contribution in [0, 0.1) is 6.92 Å². The minimum Gasteiger partial charge on any atom is -0.360 e. The fraction of sp³-hybridized carbons (Fsp3) is 0.0455. The number of para-hydroxylation sites is 1. The number of hydrogen-bond donors (Lipinski definition) is 2. The van der Waals surface area contributed by atoms with E-state index >= 15 is 0 Å². The first-order valence-electron chi connectivity index (χ1n) is 9.05. The normalized spacial score (nSPS) is 11.1. The zero-order chi connectivity index (χ0) is 19.8. The van der Waals surface area contributed by atoms with Gasteiger partial charge in [-0.1, -0.05) is 48.5 Å². The maximum atomic E-state index is 12.8. The van der Waals surface area contributed by atoms with Crippen molar-refractivity contribution in [1.82, 2.24) is 15.0 Å². The van der Waals surface area contributed by atoms with Gasteiger partial charge in [0.1, 0.15) is 9.88 Å². The molecule has 29 heavy (non-hydrogen) atoms. The molecule has 1 amide bonds. The van der Waals surface area contributed by atoms with Gasteiger partial charge < -0.3 is 4.98 Å². The van der Waals surface area contributed by atoms with Crippen LogP contribution in [0.4, 0.5) is 5.13 Å². The fourth-order valence-electron chi connectivity index (χ4n) is 3.20. The molecule has 3 aromatic heterocycles. The number of benzene rings is 2. The van der Waals surface area contributed by atoms with Gasteiger partial charge in [0.25, 0.3) is 5.91 Å². The third-order valence-electron chi connectivity index (χ3n) is 4.61. The molecule has 3 heterocycles. The number of H-pyrrole nitrogens is 1. The van der Waals surface area contributed by atoms with E-state index in [4.69, 9.17) is 0 Å². The Balaban J connectivity index is 1.39. The lowest BCUT2D eigenvalue weighted by molar-refractivity contribution is 0.103. The summed E-state index contributed by atoms with van der Waals surface area (Å²) in [6.07, 6.45) is 1.95. The lowest BCUT2D eigenvalue weighted by atomic mass is 10.1. The van der Waals surface area contributed by atoms with Crippen LogP contribution in [-0.2, 0) is 0 Å². The molecule has 0 aliphatic carbocycles. The molecule has 2 N–H and O–H groups in total. The first-order valence-corrected chi connectivity index (χ1v) is 10.7. The number of carbonyl (C=O) groups is 1. The average molecular weight is 417 g/mol. The number of rotatable bonds is 4. The highest BCUT2D eigenvalue weighted by molar-refractivity contribution is 7.17. The summed E-state index contributed by atoms with van der Waals surface area (Å²) in [5.74, 6) is -0.179. The van der Waals surface area contributed by atoms with Gasteiger partial charge >= 0.3 is 0 Å². The summed E-state index contributed by atoms with van der Waals surface area (Å²) < 4.78 is 0. The van der Waals surface area contributed by atoms with Crippen LogP contribution in [0.2, 0.25) is 0 Å². The highest BCUT2D eigenvalue weighted by Gasteiger charge is 2.18. The van der Waals surface area contributed by atoms with Crippen LogP contribution in [0.3, 0.4) is 0 Å². The third-order valence-corrected chi connectivity index (χ3v) is 6.58. The second-order valence-corrected chi connectivity index (χ2v) is 8.40. The number of aromatic nitrogens is 3. The number of aromatic amines is 1. The molecule has 0 aliphatic rings. The lowest BCUT2D eigenvalue weighted by Crippen LogP contribution is -2.11. The first-order chi connectivity index (χ1) is 14.2. The second-order valence-electron chi connectivity index (χ2n) is 6.54. The fourth-order valence-corrected chi connectivity index (χ4v) is 4.88. The van der Waals surface area contributed by atoms with Crippen molar-refractivity contribution in [3.63, 3.8) is 0 Å². The maximum Gasteiger partial charge on any atom is 0.269 e. The molecule has 5 aromatic rings. The van der Waals surface area contributed by atoms with E-state index in [-0.39, 0.29) is 5.91 Å². The quantitative estimate of drug-likeness (QED) is 0.379. The van der Waals surface area contributed by atoms with Crippen molar-refractivity contribution in [3.05, 3.63) is 76.7 Å². The zero-order valence-electron chi connectivity index (χ0n) is 15.5. The van der Waals surface area contributed by atoms with Gasteiger partial charge in [0.15, 0.2) is 5.13 Å². The molecule has 0 radical (unpaired) electrons. The number of amides is 1. The van der Waals surface area contributed by atoms with Crippen LogP contribution < -0.4 is 5.32 Å². The maximum absolute atomic E-state index is 12.8. The standard InChI is InChI=1S/C22H16N4OS2/c1-13-19(29-21(24-13)14-7-3-2-4-8-14)20(27)26-22-25-18(12-28-22)16-11-23-17-10-6-5-9-15(16)17/h2-12,23H,1H3,(H,25,26,27). The summed E-state index contributed by atoms with van der Waals surface area (Å²) in [5.41, 5.74) is 4.66. The Bertz CT molecular complexity index is 1320. The number of fused-ring (bicyclic) bond motifs is 1. The summed E-state index contributed by atoms with van der Waals surface area (Å²) in [6.45, 7) is 1.86. The molecule has 0 atom stereocenters. The number of nitrogens with one attached hydrogen (secondary N) is 2. The van der Waals surface area contributed by atoms with Gasteiger partial charge in [0.05, 0.1) is 11.4 Å². The van der Waals surface area contributed by atoms with Gasteiger partial charge in [-0.05, 0) is 13.0 Å². The van der Waals surface area contributed by atoms with E-state index in [9.17, 15) is 4.79 Å². The number of hydrogen-bond acceptors (Lipinski definition) is 5. The molecule has 0 aliphatic heterocycles. The van der Waals surface area contributed by atoms with Crippen LogP contribution in [0.5, 0.6) is 0 Å². The van der Waals surface area contributed by atoms with Crippen LogP contribution in [0.1, 0.15) is 15.4 Å². The summed E-state index contributed by atoms with van der Waals surface area (Å²) in [5, 5.41) is 7.41. The van der Waals surface area contributed by atoms with Gasteiger partial charge in [0, 0.05) is 33.6 Å². The van der Waals surface area contributed by atoms with Crippen molar-refractivity contribution in [2.75, 3.05) is 5.32 Å². The number of aryl methyl sites for hydroxylation is 1.